The summed E-state index contributed by atoms with van der Waals surface area (Å²) in [6.45, 7) is 0. The summed E-state index contributed by atoms with van der Waals surface area (Å²) in [6, 6.07) is 0. The van der Waals surface area contributed by atoms with E-state index in [0.29, 0.717) is 12.5 Å². The summed E-state index contributed by atoms with van der Waals surface area (Å²) in [4.78, 5) is 0. The fraction of sp³-hybridized carbons (Fsp3) is 1.00. The van der Waals surface area contributed by atoms with Gasteiger partial charge in [-0.1, -0.05) is 0 Å². The third-order valence-electron chi connectivity index (χ3n) is 0. The second-order valence-corrected chi connectivity index (χ2v) is 5.68. The van der Waals surface area contributed by atoms with Gasteiger partial charge in [0.05, 0.1) is 12.5 Å². The van der Waals surface area contributed by atoms with Crippen LogP contribution in [0.3, 0.4) is 0 Å². The van der Waals surface area contributed by atoms with Crippen molar-refractivity contribution < 1.29 is 42.7 Å². The fourth-order valence-corrected chi connectivity index (χ4v) is 0. The van der Waals surface area contributed by atoms with Gasteiger partial charge in [-0.25, -0.2) is 0 Å². The Kier molecular flexibility index (Phi) is 15.2. The van der Waals surface area contributed by atoms with Gasteiger partial charge in [-0.15, -0.1) is 0 Å². The normalized spacial score (nSPS) is 12.0. The van der Waals surface area contributed by atoms with Crippen molar-refractivity contribution in [1.82, 2.24) is 0 Å². The van der Waals surface area contributed by atoms with Crippen LogP contribution in [0.1, 0.15) is 0 Å². The van der Waals surface area contributed by atoms with Gasteiger partial charge in [0.15, 0.2) is 0 Å². The molecule has 0 bridgehead atoms. The van der Waals surface area contributed by atoms with Gasteiger partial charge in [-0.2, -0.15) is 16.8 Å². The van der Waals surface area contributed by atoms with Crippen LogP contribution in [-0.4, -0.2) is 57.3 Å². The van der Waals surface area contributed by atoms with Crippen molar-refractivity contribution in [2.75, 3.05) is 12.5 Å². The van der Waals surface area contributed by atoms with E-state index < -0.39 is 28.7 Å². The summed E-state index contributed by atoms with van der Waals surface area (Å²) in [7, 11) is -13.9. The van der Waals surface area contributed by atoms with Crippen LogP contribution >= 0.6 is 8.51 Å². The van der Waals surface area contributed by atoms with E-state index in [-0.39, 0.29) is 18.9 Å². The zero-order valence-corrected chi connectivity index (χ0v) is 9.99. The maximum atomic E-state index is 9.83. The number of hydrogen-bond acceptors (Lipinski definition) is 4. The van der Waals surface area contributed by atoms with E-state index in [2.05, 4.69) is 0 Å². The van der Waals surface area contributed by atoms with E-state index >= 15 is 0 Å². The van der Waals surface area contributed by atoms with Gasteiger partial charge < -0.3 is 0 Å². The molecule has 0 heterocycles. The Morgan fingerprint density at radius 2 is 0.812 bits per heavy atom. The molecule has 0 aliphatic rings. The fourth-order valence-electron chi connectivity index (χ4n) is 0. The summed E-state index contributed by atoms with van der Waals surface area (Å²) in [5.74, 6) is 0. The number of hydrogen-bond donors (Lipinski definition) is 2. The predicted molar refractivity (Wildman–Crippen MR) is 54.8 cm³/mol. The maximum absolute atomic E-state index is 9.83. The van der Waals surface area contributed by atoms with E-state index in [4.69, 9.17) is 9.11 Å². The summed E-state index contributed by atoms with van der Waals surface area (Å²) in [5, 5.41) is 0. The molecule has 0 aromatic carbocycles. The minimum atomic E-state index is -6.61. The molecule has 0 rings (SSSR count). The molecule has 0 fully saturated rings. The van der Waals surface area contributed by atoms with Crippen molar-refractivity contribution in [2.45, 2.75) is 0 Å². The molecule has 100 valence electrons. The van der Waals surface area contributed by atoms with Crippen molar-refractivity contribution in [3.63, 3.8) is 0 Å². The molecule has 0 spiro atoms. The second kappa shape index (κ2) is 9.58. The van der Waals surface area contributed by atoms with Crippen LogP contribution in [0.2, 0.25) is 0 Å². The van der Waals surface area contributed by atoms with Crippen LogP contribution in [0.15, 0.2) is 0 Å². The van der Waals surface area contributed by atoms with Gasteiger partial charge in [-0.05, 0) is 0 Å². The molecular weight excluding hydrogens is 298 g/mol. The number of halogens is 4. The van der Waals surface area contributed by atoms with Crippen LogP contribution in [0.5, 0.6) is 0 Å². The molecule has 0 unspecified atom stereocenters. The molecule has 0 saturated heterocycles. The quantitative estimate of drug-likeness (QED) is 0.294. The molecule has 0 atom stereocenters. The molecular formula is C2H10F4LiO6PS2. The first-order valence-corrected chi connectivity index (χ1v) is 7.81. The topological polar surface area (TPSA) is 109 Å². The Morgan fingerprint density at radius 1 is 0.812 bits per heavy atom. The first-order valence-electron chi connectivity index (χ1n) is 2.60. The van der Waals surface area contributed by atoms with E-state index in [9.17, 15) is 33.6 Å². The van der Waals surface area contributed by atoms with Crippen LogP contribution in [0.4, 0.5) is 16.8 Å². The van der Waals surface area contributed by atoms with Gasteiger partial charge >= 0.3 is 44.2 Å². The van der Waals surface area contributed by atoms with Crippen LogP contribution in [-0.2, 0) is 20.2 Å². The Hall–Kier alpha value is 0.567. The van der Waals surface area contributed by atoms with Gasteiger partial charge in [0.1, 0.15) is 0 Å². The zero-order valence-electron chi connectivity index (χ0n) is 7.36. The molecule has 0 saturated carbocycles. The average Bonchev–Trinajstić information content (AvgIpc) is 1.41. The molecule has 14 heteroatoms. The van der Waals surface area contributed by atoms with Crippen molar-refractivity contribution in [1.29, 1.82) is 0 Å². The van der Waals surface area contributed by atoms with Crippen molar-refractivity contribution >= 4 is 47.6 Å². The molecule has 16 heavy (non-hydrogen) atoms. The van der Waals surface area contributed by atoms with E-state index in [1.807, 2.05) is 0 Å². The summed E-state index contributed by atoms with van der Waals surface area (Å²) >= 11 is 0. The standard InChI is InChI=1S/2CH4O3S.F4HP.Li.H/c3*1-5(2,3)4;;/h2*1H3,(H,2,3,4);5H;;. The van der Waals surface area contributed by atoms with Crippen LogP contribution in [0.25, 0.3) is 0 Å². The van der Waals surface area contributed by atoms with Crippen molar-refractivity contribution in [2.24, 2.45) is 0 Å². The van der Waals surface area contributed by atoms with E-state index in [1.54, 1.807) is 0 Å². The third kappa shape index (κ3) is 8330. The van der Waals surface area contributed by atoms with E-state index in [1.165, 1.54) is 0 Å². The average molecular weight is 308 g/mol. The summed E-state index contributed by atoms with van der Waals surface area (Å²) < 4.78 is 91.0. The molecule has 0 radical (unpaired) electrons. The summed E-state index contributed by atoms with van der Waals surface area (Å²) in [5.41, 5.74) is 0. The molecule has 0 amide bonds. The second-order valence-electron chi connectivity index (χ2n) is 1.89. The van der Waals surface area contributed by atoms with Gasteiger partial charge in [-0.3, -0.25) is 9.11 Å². The minimum absolute atomic E-state index is 0. The number of rotatable bonds is 0. The summed E-state index contributed by atoms with van der Waals surface area (Å²) in [6.07, 6.45) is 1.43. The van der Waals surface area contributed by atoms with Crippen LogP contribution < -0.4 is 0 Å². The first-order chi connectivity index (χ1) is 6.00. The predicted octanol–water partition coefficient (Wildman–Crippen LogP) is 0.634. The van der Waals surface area contributed by atoms with Gasteiger partial charge in [0.25, 0.3) is 20.2 Å². The molecule has 2 N–H and O–H groups in total. The zero-order chi connectivity index (χ0) is 13.5. The van der Waals surface area contributed by atoms with Crippen molar-refractivity contribution in [3.8, 4) is 0 Å². The Morgan fingerprint density at radius 3 is 0.812 bits per heavy atom. The molecule has 6 nitrogen and oxygen atoms in total. The van der Waals surface area contributed by atoms with Crippen LogP contribution in [0, 0.1) is 0 Å². The molecule has 0 aromatic heterocycles. The van der Waals surface area contributed by atoms with Gasteiger partial charge in [0.2, 0.25) is 0 Å². The molecule has 0 aromatic rings. The Labute approximate surface area is 103 Å². The third-order valence-corrected chi connectivity index (χ3v) is 0. The monoisotopic (exact) mass is 308 g/mol. The first kappa shape index (κ1) is 25.4. The Balaban J connectivity index is -0.0000000655. The van der Waals surface area contributed by atoms with Crippen molar-refractivity contribution in [3.05, 3.63) is 0 Å². The van der Waals surface area contributed by atoms with E-state index in [0.717, 1.165) is 0 Å². The van der Waals surface area contributed by atoms with Gasteiger partial charge in [0, 0.05) is 0 Å². The molecule has 0 aliphatic carbocycles. The molecule has 0 aliphatic heterocycles. The SMILES string of the molecule is CS(=O)(=O)O.CS(=O)(=O)O.F[PH](F)(F)F.[LiH]. The Bertz CT molecular complexity index is 295.